The number of hydrogen-bond acceptors (Lipinski definition) is 1. The molecular formula is C12H17NO. The Balaban J connectivity index is 2.42. The Morgan fingerprint density at radius 1 is 1.50 bits per heavy atom. The van der Waals surface area contributed by atoms with Crippen LogP contribution in [-0.2, 0) is 4.79 Å². The third kappa shape index (κ3) is 1.29. The second-order valence-electron chi connectivity index (χ2n) is 4.79. The van der Waals surface area contributed by atoms with E-state index in [2.05, 4.69) is 26.0 Å². The monoisotopic (exact) mass is 191 g/mol. The zero-order valence-electron chi connectivity index (χ0n) is 9.13. The predicted molar refractivity (Wildman–Crippen MR) is 56.6 cm³/mol. The first kappa shape index (κ1) is 9.50. The fraction of sp³-hybridized carbons (Fsp3) is 0.583. The molecule has 1 aliphatic carbocycles. The van der Waals surface area contributed by atoms with E-state index in [1.165, 1.54) is 5.57 Å². The summed E-state index contributed by atoms with van der Waals surface area (Å²) in [5, 5.41) is 0. The molecule has 76 valence electrons. The van der Waals surface area contributed by atoms with Gasteiger partial charge in [-0.25, -0.2) is 0 Å². The molecule has 14 heavy (non-hydrogen) atoms. The topological polar surface area (TPSA) is 20.3 Å². The lowest BCUT2D eigenvalue weighted by Crippen LogP contribution is -2.29. The van der Waals surface area contributed by atoms with E-state index >= 15 is 0 Å². The van der Waals surface area contributed by atoms with Gasteiger partial charge in [0.15, 0.2) is 0 Å². The normalized spacial score (nSPS) is 24.1. The minimum atomic E-state index is 0.162. The zero-order chi connectivity index (χ0) is 10.3. The maximum absolute atomic E-state index is 11.4. The zero-order valence-corrected chi connectivity index (χ0v) is 9.13. The maximum atomic E-state index is 11.4. The first-order valence-electron chi connectivity index (χ1n) is 5.20. The lowest BCUT2D eigenvalue weighted by molar-refractivity contribution is -0.126. The van der Waals surface area contributed by atoms with Crippen molar-refractivity contribution in [3.63, 3.8) is 0 Å². The van der Waals surface area contributed by atoms with E-state index in [0.717, 1.165) is 25.1 Å². The summed E-state index contributed by atoms with van der Waals surface area (Å²) in [5.74, 6) is 0.162. The first-order valence-corrected chi connectivity index (χ1v) is 5.20. The van der Waals surface area contributed by atoms with Crippen molar-refractivity contribution in [2.75, 3.05) is 6.54 Å². The summed E-state index contributed by atoms with van der Waals surface area (Å²) in [5.41, 5.74) is 2.79. The van der Waals surface area contributed by atoms with Crippen LogP contribution in [0.1, 0.15) is 33.6 Å². The van der Waals surface area contributed by atoms with Gasteiger partial charge < -0.3 is 4.90 Å². The van der Waals surface area contributed by atoms with Gasteiger partial charge in [0, 0.05) is 24.6 Å². The second kappa shape index (κ2) is 2.97. The third-order valence-electron chi connectivity index (χ3n) is 3.19. The Hall–Kier alpha value is -1.05. The van der Waals surface area contributed by atoms with Crippen LogP contribution in [0, 0.1) is 5.41 Å². The fourth-order valence-corrected chi connectivity index (χ4v) is 2.45. The molecule has 2 aliphatic rings. The summed E-state index contributed by atoms with van der Waals surface area (Å²) < 4.78 is 0. The van der Waals surface area contributed by atoms with Crippen molar-refractivity contribution < 1.29 is 4.79 Å². The molecule has 0 atom stereocenters. The van der Waals surface area contributed by atoms with Crippen LogP contribution in [0.5, 0.6) is 0 Å². The number of amides is 1. The summed E-state index contributed by atoms with van der Waals surface area (Å²) in [6, 6.07) is 0. The smallest absolute Gasteiger partial charge is 0.223 e. The van der Waals surface area contributed by atoms with Crippen molar-refractivity contribution in [3.8, 4) is 0 Å². The number of carbonyl (C=O) groups is 1. The predicted octanol–water partition coefficient (Wildman–Crippen LogP) is 2.48. The highest BCUT2D eigenvalue weighted by atomic mass is 16.2. The average Bonchev–Trinajstić information content (AvgIpc) is 2.40. The Morgan fingerprint density at radius 2 is 2.21 bits per heavy atom. The van der Waals surface area contributed by atoms with E-state index < -0.39 is 0 Å². The van der Waals surface area contributed by atoms with Crippen molar-refractivity contribution >= 4 is 5.91 Å². The van der Waals surface area contributed by atoms with Crippen molar-refractivity contribution in [1.82, 2.24) is 4.90 Å². The Labute approximate surface area is 85.3 Å². The summed E-state index contributed by atoms with van der Waals surface area (Å²) >= 11 is 0. The van der Waals surface area contributed by atoms with Crippen LogP contribution < -0.4 is 0 Å². The van der Waals surface area contributed by atoms with Crippen molar-refractivity contribution in [2.24, 2.45) is 5.41 Å². The molecule has 0 saturated heterocycles. The van der Waals surface area contributed by atoms with Crippen LogP contribution in [0.4, 0.5) is 0 Å². The molecule has 0 bridgehead atoms. The lowest BCUT2D eigenvalue weighted by Gasteiger charge is -2.22. The van der Waals surface area contributed by atoms with Gasteiger partial charge in [-0.2, -0.15) is 0 Å². The molecule has 0 N–H and O–H groups in total. The highest BCUT2D eigenvalue weighted by Crippen LogP contribution is 2.43. The molecule has 0 aromatic heterocycles. The summed E-state index contributed by atoms with van der Waals surface area (Å²) in [6.07, 6.45) is 6.50. The Bertz CT molecular complexity index is 336. The van der Waals surface area contributed by atoms with Gasteiger partial charge in [0.1, 0.15) is 0 Å². The van der Waals surface area contributed by atoms with Crippen LogP contribution in [0.25, 0.3) is 0 Å². The van der Waals surface area contributed by atoms with Crippen LogP contribution in [0.15, 0.2) is 23.4 Å². The van der Waals surface area contributed by atoms with Crippen molar-refractivity contribution in [1.29, 1.82) is 0 Å². The molecule has 0 aromatic carbocycles. The van der Waals surface area contributed by atoms with Gasteiger partial charge >= 0.3 is 0 Å². The molecule has 2 nitrogen and oxygen atoms in total. The number of hydrogen-bond donors (Lipinski definition) is 0. The van der Waals surface area contributed by atoms with Gasteiger partial charge in [0.2, 0.25) is 5.91 Å². The molecule has 0 radical (unpaired) electrons. The highest BCUT2D eigenvalue weighted by Gasteiger charge is 2.38. The summed E-state index contributed by atoms with van der Waals surface area (Å²) in [7, 11) is 0. The molecule has 1 aliphatic heterocycles. The molecule has 0 saturated carbocycles. The Kier molecular flexibility index (Phi) is 2.02. The van der Waals surface area contributed by atoms with Gasteiger partial charge in [-0.3, -0.25) is 4.79 Å². The molecule has 2 rings (SSSR count). The number of nitrogens with zero attached hydrogens (tertiary/aromatic N) is 1. The standard InChI is InChI=1S/C12H17NO/c1-9(14)13-8-12(2,3)10-6-4-5-7-11(10)13/h5,7H,4,6,8H2,1-3H3. The van der Waals surface area contributed by atoms with E-state index in [4.69, 9.17) is 0 Å². The fourth-order valence-electron chi connectivity index (χ4n) is 2.45. The van der Waals surface area contributed by atoms with E-state index in [-0.39, 0.29) is 11.3 Å². The van der Waals surface area contributed by atoms with Gasteiger partial charge in [-0.15, -0.1) is 0 Å². The molecule has 0 fully saturated rings. The first-order chi connectivity index (χ1) is 6.52. The van der Waals surface area contributed by atoms with E-state index in [1.54, 1.807) is 6.92 Å². The minimum Gasteiger partial charge on any atom is -0.312 e. The maximum Gasteiger partial charge on any atom is 0.223 e. The molecular weight excluding hydrogens is 174 g/mol. The summed E-state index contributed by atoms with van der Waals surface area (Å²) in [4.78, 5) is 13.4. The minimum absolute atomic E-state index is 0.162. The number of allylic oxidation sites excluding steroid dienone is 2. The Morgan fingerprint density at radius 3 is 2.86 bits per heavy atom. The average molecular weight is 191 g/mol. The van der Waals surface area contributed by atoms with E-state index in [0.29, 0.717) is 0 Å². The third-order valence-corrected chi connectivity index (χ3v) is 3.19. The van der Waals surface area contributed by atoms with E-state index in [1.807, 2.05) is 4.90 Å². The van der Waals surface area contributed by atoms with Crippen LogP contribution in [-0.4, -0.2) is 17.4 Å². The number of rotatable bonds is 0. The van der Waals surface area contributed by atoms with Crippen LogP contribution in [0.3, 0.4) is 0 Å². The molecule has 0 spiro atoms. The molecule has 1 amide bonds. The van der Waals surface area contributed by atoms with Gasteiger partial charge in [0.25, 0.3) is 0 Å². The highest BCUT2D eigenvalue weighted by molar-refractivity contribution is 5.77. The van der Waals surface area contributed by atoms with Gasteiger partial charge in [-0.1, -0.05) is 19.9 Å². The van der Waals surface area contributed by atoms with Crippen LogP contribution >= 0.6 is 0 Å². The number of carbonyl (C=O) groups excluding carboxylic acids is 1. The molecule has 0 aromatic rings. The van der Waals surface area contributed by atoms with Gasteiger partial charge in [-0.05, 0) is 24.5 Å². The van der Waals surface area contributed by atoms with Crippen molar-refractivity contribution in [2.45, 2.75) is 33.6 Å². The van der Waals surface area contributed by atoms with Gasteiger partial charge in [0.05, 0.1) is 0 Å². The largest absolute Gasteiger partial charge is 0.312 e. The SMILES string of the molecule is CC(=O)N1CC(C)(C)C2=C1C=CCC2. The summed E-state index contributed by atoms with van der Waals surface area (Å²) in [6.45, 7) is 6.95. The molecule has 0 unspecified atom stereocenters. The second-order valence-corrected chi connectivity index (χ2v) is 4.79. The van der Waals surface area contributed by atoms with E-state index in [9.17, 15) is 4.79 Å². The molecule has 2 heteroatoms. The van der Waals surface area contributed by atoms with Crippen molar-refractivity contribution in [3.05, 3.63) is 23.4 Å². The quantitative estimate of drug-likeness (QED) is 0.576. The van der Waals surface area contributed by atoms with Crippen LogP contribution in [0.2, 0.25) is 0 Å². The lowest BCUT2D eigenvalue weighted by atomic mass is 9.82. The molecule has 1 heterocycles.